The summed E-state index contributed by atoms with van der Waals surface area (Å²) in [5, 5.41) is 0. The van der Waals surface area contributed by atoms with Crippen LogP contribution in [0.25, 0.3) is 0 Å². The van der Waals surface area contributed by atoms with E-state index in [2.05, 4.69) is 36.1 Å². The zero-order valence-electron chi connectivity index (χ0n) is 9.45. The summed E-state index contributed by atoms with van der Waals surface area (Å²) in [7, 11) is 0. The van der Waals surface area contributed by atoms with E-state index >= 15 is 0 Å². The molecule has 1 aromatic rings. The number of hydrogen-bond donors (Lipinski definition) is 1. The molecule has 2 nitrogen and oxygen atoms in total. The maximum atomic E-state index is 5.64. The van der Waals surface area contributed by atoms with Crippen molar-refractivity contribution < 1.29 is 0 Å². The van der Waals surface area contributed by atoms with Gasteiger partial charge in [-0.1, -0.05) is 31.2 Å². The monoisotopic (exact) mass is 204 g/mol. The minimum absolute atomic E-state index is 0.643. The normalized spacial score (nSPS) is 22.1. The van der Waals surface area contributed by atoms with Crippen LogP contribution in [-0.4, -0.2) is 18.0 Å². The third-order valence-electron chi connectivity index (χ3n) is 3.14. The van der Waals surface area contributed by atoms with Crippen LogP contribution in [0.15, 0.2) is 24.3 Å². The molecule has 15 heavy (non-hydrogen) atoms. The SMILES string of the molecule is CC1CCN(Cc2cccc(CN)c2)C1. The first-order valence-corrected chi connectivity index (χ1v) is 5.78. The fraction of sp³-hybridized carbons (Fsp3) is 0.538. The molecule has 0 aliphatic carbocycles. The van der Waals surface area contributed by atoms with Gasteiger partial charge in [-0.2, -0.15) is 0 Å². The Kier molecular flexibility index (Phi) is 3.39. The van der Waals surface area contributed by atoms with Gasteiger partial charge in [0.05, 0.1) is 0 Å². The number of hydrogen-bond acceptors (Lipinski definition) is 2. The number of likely N-dealkylation sites (tertiary alicyclic amines) is 1. The van der Waals surface area contributed by atoms with Crippen LogP contribution in [0.4, 0.5) is 0 Å². The second-order valence-electron chi connectivity index (χ2n) is 4.65. The Morgan fingerprint density at radius 3 is 2.87 bits per heavy atom. The van der Waals surface area contributed by atoms with Gasteiger partial charge in [0.15, 0.2) is 0 Å². The van der Waals surface area contributed by atoms with Gasteiger partial charge in [-0.25, -0.2) is 0 Å². The van der Waals surface area contributed by atoms with E-state index in [0.29, 0.717) is 6.54 Å². The van der Waals surface area contributed by atoms with Gasteiger partial charge in [0.25, 0.3) is 0 Å². The van der Waals surface area contributed by atoms with Gasteiger partial charge in [-0.05, 0) is 30.0 Å². The quantitative estimate of drug-likeness (QED) is 0.816. The molecule has 1 aromatic carbocycles. The molecule has 2 heteroatoms. The minimum Gasteiger partial charge on any atom is -0.326 e. The van der Waals surface area contributed by atoms with E-state index < -0.39 is 0 Å². The van der Waals surface area contributed by atoms with E-state index in [0.717, 1.165) is 12.5 Å². The topological polar surface area (TPSA) is 29.3 Å². The van der Waals surface area contributed by atoms with Gasteiger partial charge in [0.1, 0.15) is 0 Å². The third kappa shape index (κ3) is 2.80. The van der Waals surface area contributed by atoms with Crippen molar-refractivity contribution >= 4 is 0 Å². The Morgan fingerprint density at radius 2 is 2.20 bits per heavy atom. The molecule has 0 bridgehead atoms. The average Bonchev–Trinajstić information content (AvgIpc) is 2.64. The lowest BCUT2D eigenvalue weighted by Crippen LogP contribution is -2.19. The first kappa shape index (κ1) is 10.7. The van der Waals surface area contributed by atoms with Crippen molar-refractivity contribution in [2.24, 2.45) is 11.7 Å². The lowest BCUT2D eigenvalue weighted by Gasteiger charge is -2.15. The molecule has 0 saturated carbocycles. The van der Waals surface area contributed by atoms with E-state index in [-0.39, 0.29) is 0 Å². The van der Waals surface area contributed by atoms with Crippen molar-refractivity contribution in [2.45, 2.75) is 26.4 Å². The largest absolute Gasteiger partial charge is 0.326 e. The van der Waals surface area contributed by atoms with Gasteiger partial charge in [0.2, 0.25) is 0 Å². The predicted molar refractivity (Wildman–Crippen MR) is 63.4 cm³/mol. The molecule has 1 aliphatic rings. The first-order chi connectivity index (χ1) is 7.28. The number of rotatable bonds is 3. The molecule has 0 spiro atoms. The first-order valence-electron chi connectivity index (χ1n) is 5.78. The summed E-state index contributed by atoms with van der Waals surface area (Å²) in [5.41, 5.74) is 8.27. The molecule has 1 unspecified atom stereocenters. The second-order valence-corrected chi connectivity index (χ2v) is 4.65. The van der Waals surface area contributed by atoms with Crippen LogP contribution in [-0.2, 0) is 13.1 Å². The molecule has 0 amide bonds. The van der Waals surface area contributed by atoms with E-state index in [1.807, 2.05) is 0 Å². The van der Waals surface area contributed by atoms with Crippen LogP contribution in [0, 0.1) is 5.92 Å². The lowest BCUT2D eigenvalue weighted by molar-refractivity contribution is 0.320. The number of benzene rings is 1. The fourth-order valence-electron chi connectivity index (χ4n) is 2.28. The Bertz CT molecular complexity index is 322. The summed E-state index contributed by atoms with van der Waals surface area (Å²) in [5.74, 6) is 0.864. The van der Waals surface area contributed by atoms with Gasteiger partial charge in [0, 0.05) is 19.6 Å². The number of nitrogens with zero attached hydrogens (tertiary/aromatic N) is 1. The molecule has 1 atom stereocenters. The molecule has 1 aliphatic heterocycles. The average molecular weight is 204 g/mol. The molecule has 1 heterocycles. The highest BCUT2D eigenvalue weighted by molar-refractivity contribution is 5.23. The van der Waals surface area contributed by atoms with Crippen molar-refractivity contribution in [3.05, 3.63) is 35.4 Å². The minimum atomic E-state index is 0.643. The van der Waals surface area contributed by atoms with E-state index in [1.54, 1.807) is 0 Å². The fourth-order valence-corrected chi connectivity index (χ4v) is 2.28. The Hall–Kier alpha value is -0.860. The molecular weight excluding hydrogens is 184 g/mol. The zero-order chi connectivity index (χ0) is 10.7. The van der Waals surface area contributed by atoms with Crippen LogP contribution in [0.2, 0.25) is 0 Å². The summed E-state index contributed by atoms with van der Waals surface area (Å²) in [6, 6.07) is 8.62. The lowest BCUT2D eigenvalue weighted by atomic mass is 10.1. The predicted octanol–water partition coefficient (Wildman–Crippen LogP) is 1.99. The van der Waals surface area contributed by atoms with E-state index in [9.17, 15) is 0 Å². The maximum Gasteiger partial charge on any atom is 0.0233 e. The van der Waals surface area contributed by atoms with Crippen molar-refractivity contribution in [3.63, 3.8) is 0 Å². The van der Waals surface area contributed by atoms with E-state index in [4.69, 9.17) is 5.73 Å². The van der Waals surface area contributed by atoms with Gasteiger partial charge in [-0.3, -0.25) is 4.90 Å². The number of nitrogens with two attached hydrogens (primary N) is 1. The van der Waals surface area contributed by atoms with Crippen molar-refractivity contribution in [1.29, 1.82) is 0 Å². The molecule has 0 aromatic heterocycles. The highest BCUT2D eigenvalue weighted by Crippen LogP contribution is 2.18. The van der Waals surface area contributed by atoms with Gasteiger partial charge >= 0.3 is 0 Å². The molecule has 1 saturated heterocycles. The molecular formula is C13H20N2. The summed E-state index contributed by atoms with van der Waals surface area (Å²) in [4.78, 5) is 2.53. The maximum absolute atomic E-state index is 5.64. The van der Waals surface area contributed by atoms with Crippen LogP contribution < -0.4 is 5.73 Å². The second kappa shape index (κ2) is 4.77. The Labute approximate surface area is 92.1 Å². The van der Waals surface area contributed by atoms with Crippen LogP contribution >= 0.6 is 0 Å². The van der Waals surface area contributed by atoms with Gasteiger partial charge in [-0.15, -0.1) is 0 Å². The van der Waals surface area contributed by atoms with Crippen LogP contribution in [0.5, 0.6) is 0 Å². The summed E-state index contributed by atoms with van der Waals surface area (Å²) < 4.78 is 0. The summed E-state index contributed by atoms with van der Waals surface area (Å²) in [6.07, 6.45) is 1.34. The third-order valence-corrected chi connectivity index (χ3v) is 3.14. The van der Waals surface area contributed by atoms with Crippen molar-refractivity contribution in [1.82, 2.24) is 4.90 Å². The molecule has 82 valence electrons. The van der Waals surface area contributed by atoms with Crippen molar-refractivity contribution in [2.75, 3.05) is 13.1 Å². The molecule has 0 radical (unpaired) electrons. The smallest absolute Gasteiger partial charge is 0.0233 e. The Balaban J connectivity index is 1.98. The highest BCUT2D eigenvalue weighted by atomic mass is 15.1. The molecule has 2 N–H and O–H groups in total. The van der Waals surface area contributed by atoms with E-state index in [1.165, 1.54) is 30.6 Å². The van der Waals surface area contributed by atoms with Crippen LogP contribution in [0.3, 0.4) is 0 Å². The summed E-state index contributed by atoms with van der Waals surface area (Å²) in [6.45, 7) is 6.54. The Morgan fingerprint density at radius 1 is 1.40 bits per heavy atom. The molecule has 1 fully saturated rings. The van der Waals surface area contributed by atoms with Crippen molar-refractivity contribution in [3.8, 4) is 0 Å². The zero-order valence-corrected chi connectivity index (χ0v) is 9.45. The summed E-state index contributed by atoms with van der Waals surface area (Å²) >= 11 is 0. The van der Waals surface area contributed by atoms with Crippen LogP contribution in [0.1, 0.15) is 24.5 Å². The van der Waals surface area contributed by atoms with Gasteiger partial charge < -0.3 is 5.73 Å². The highest BCUT2D eigenvalue weighted by Gasteiger charge is 2.18. The molecule has 2 rings (SSSR count). The standard InChI is InChI=1S/C13H20N2/c1-11-5-6-15(9-11)10-13-4-2-3-12(7-13)8-14/h2-4,7,11H,5-6,8-10,14H2,1H3.